The lowest BCUT2D eigenvalue weighted by Crippen LogP contribution is -2.32. The number of nitrogens with one attached hydrogen (secondary N) is 2. The van der Waals surface area contributed by atoms with Crippen molar-refractivity contribution in [1.82, 2.24) is 24.9 Å². The summed E-state index contributed by atoms with van der Waals surface area (Å²) in [5.74, 6) is 1.51. The summed E-state index contributed by atoms with van der Waals surface area (Å²) in [5.41, 5.74) is 2.41. The fraction of sp³-hybridized carbons (Fsp3) is 0.500. The van der Waals surface area contributed by atoms with E-state index in [0.29, 0.717) is 23.7 Å². The van der Waals surface area contributed by atoms with Gasteiger partial charge < -0.3 is 20.1 Å². The lowest BCUT2D eigenvalue weighted by molar-refractivity contribution is -0.116. The Morgan fingerprint density at radius 2 is 1.64 bits per heavy atom. The minimum absolute atomic E-state index is 0.0979. The smallest absolute Gasteiger partial charge is 0.408 e. The third-order valence-corrected chi connectivity index (χ3v) is 5.05. The highest BCUT2D eigenvalue weighted by atomic mass is 16.6. The quantitative estimate of drug-likeness (QED) is 0.494. The lowest BCUT2D eigenvalue weighted by Gasteiger charge is -2.21. The zero-order chi connectivity index (χ0) is 26.7. The first-order valence-electron chi connectivity index (χ1n) is 12.0. The van der Waals surface area contributed by atoms with Crippen molar-refractivity contribution < 1.29 is 19.1 Å². The van der Waals surface area contributed by atoms with Crippen LogP contribution in [-0.2, 0) is 22.5 Å². The van der Waals surface area contributed by atoms with E-state index >= 15 is 0 Å². The summed E-state index contributed by atoms with van der Waals surface area (Å²) in [7, 11) is 0. The summed E-state index contributed by atoms with van der Waals surface area (Å²) in [6.07, 6.45) is 0.255. The van der Waals surface area contributed by atoms with Crippen LogP contribution in [0.5, 0.6) is 5.75 Å². The number of ether oxygens (including phenoxy) is 2. The molecule has 2 amide bonds. The number of rotatable bonds is 7. The van der Waals surface area contributed by atoms with Crippen LogP contribution in [-0.4, -0.2) is 42.8 Å². The Hall–Kier alpha value is -3.69. The maximum atomic E-state index is 12.6. The average Bonchev–Trinajstić information content (AvgIpc) is 3.14. The average molecular weight is 497 g/mol. The van der Waals surface area contributed by atoms with E-state index in [-0.39, 0.29) is 24.5 Å². The van der Waals surface area contributed by atoms with Gasteiger partial charge in [-0.1, -0.05) is 0 Å². The van der Waals surface area contributed by atoms with Gasteiger partial charge in [-0.2, -0.15) is 4.98 Å². The second kappa shape index (κ2) is 10.5. The van der Waals surface area contributed by atoms with E-state index in [1.54, 1.807) is 25.3 Å². The van der Waals surface area contributed by atoms with Crippen LogP contribution in [0, 0.1) is 13.8 Å². The molecule has 10 nitrogen and oxygen atoms in total. The number of anilines is 1. The standard InChI is InChI=1S/C26H36N6O4/c1-16-20(13-14-22(33)29-18-9-11-19(12-10-18)35-25(3,4)5)17(2)32-23(28-16)30-21(31-32)15-27-24(34)36-26(6,7)8/h9-12H,13-15H2,1-8H3,(H,27,34)(H,29,33). The summed E-state index contributed by atoms with van der Waals surface area (Å²) < 4.78 is 12.7. The molecular formula is C26H36N6O4. The second-order valence-electron chi connectivity index (χ2n) is 10.6. The molecule has 3 aromatic rings. The van der Waals surface area contributed by atoms with Crippen molar-refractivity contribution in [3.05, 3.63) is 47.0 Å². The molecule has 3 rings (SSSR count). The van der Waals surface area contributed by atoms with Gasteiger partial charge in [0.2, 0.25) is 5.91 Å². The fourth-order valence-corrected chi connectivity index (χ4v) is 3.57. The number of aromatic nitrogens is 4. The molecule has 194 valence electrons. The van der Waals surface area contributed by atoms with E-state index in [2.05, 4.69) is 25.7 Å². The maximum absolute atomic E-state index is 12.6. The van der Waals surface area contributed by atoms with E-state index in [4.69, 9.17) is 9.47 Å². The molecule has 0 unspecified atom stereocenters. The Morgan fingerprint density at radius 1 is 0.972 bits per heavy atom. The summed E-state index contributed by atoms with van der Waals surface area (Å²) in [5, 5.41) is 10.0. The third kappa shape index (κ3) is 7.66. The van der Waals surface area contributed by atoms with Gasteiger partial charge in [-0.15, -0.1) is 5.10 Å². The van der Waals surface area contributed by atoms with Crippen LogP contribution in [0.25, 0.3) is 5.78 Å². The van der Waals surface area contributed by atoms with Crippen LogP contribution in [0.1, 0.15) is 70.7 Å². The summed E-state index contributed by atoms with van der Waals surface area (Å²) in [6.45, 7) is 15.3. The SMILES string of the molecule is Cc1nc2nc(CNC(=O)OC(C)(C)C)nn2c(C)c1CCC(=O)Nc1ccc(OC(C)(C)C)cc1. The van der Waals surface area contributed by atoms with E-state index < -0.39 is 11.7 Å². The molecule has 10 heteroatoms. The monoisotopic (exact) mass is 496 g/mol. The van der Waals surface area contributed by atoms with Crippen molar-refractivity contribution in [2.75, 3.05) is 5.32 Å². The van der Waals surface area contributed by atoms with Crippen molar-refractivity contribution in [2.24, 2.45) is 0 Å². The topological polar surface area (TPSA) is 120 Å². The van der Waals surface area contributed by atoms with Gasteiger partial charge in [-0.25, -0.2) is 14.3 Å². The number of aryl methyl sites for hydroxylation is 2. The maximum Gasteiger partial charge on any atom is 0.408 e. The zero-order valence-corrected chi connectivity index (χ0v) is 22.4. The number of fused-ring (bicyclic) bond motifs is 1. The highest BCUT2D eigenvalue weighted by Crippen LogP contribution is 2.21. The number of carbonyl (C=O) groups is 2. The molecule has 0 aliphatic carbocycles. The molecule has 2 aromatic heterocycles. The molecule has 0 fully saturated rings. The number of alkyl carbamates (subject to hydrolysis) is 1. The third-order valence-electron chi connectivity index (χ3n) is 5.05. The van der Waals surface area contributed by atoms with Crippen molar-refractivity contribution >= 4 is 23.5 Å². The molecule has 0 radical (unpaired) electrons. The Kier molecular flexibility index (Phi) is 7.86. The van der Waals surface area contributed by atoms with Crippen molar-refractivity contribution in [3.63, 3.8) is 0 Å². The first kappa shape index (κ1) is 26.9. The minimum atomic E-state index is -0.586. The Morgan fingerprint density at radius 3 is 2.25 bits per heavy atom. The Balaban J connectivity index is 1.62. The number of hydrogen-bond acceptors (Lipinski definition) is 7. The Bertz CT molecular complexity index is 1240. The van der Waals surface area contributed by atoms with Crippen LogP contribution in [0.15, 0.2) is 24.3 Å². The summed E-state index contributed by atoms with van der Waals surface area (Å²) in [4.78, 5) is 33.5. The van der Waals surface area contributed by atoms with E-state index in [1.807, 2.05) is 58.9 Å². The summed E-state index contributed by atoms with van der Waals surface area (Å²) in [6, 6.07) is 7.33. The number of benzene rings is 1. The molecule has 2 heterocycles. The van der Waals surface area contributed by atoms with Gasteiger partial charge in [0, 0.05) is 23.5 Å². The molecule has 0 spiro atoms. The van der Waals surface area contributed by atoms with Crippen LogP contribution < -0.4 is 15.4 Å². The van der Waals surface area contributed by atoms with Gasteiger partial charge in [0.15, 0.2) is 5.82 Å². The summed E-state index contributed by atoms with van der Waals surface area (Å²) >= 11 is 0. The molecule has 0 aliphatic heterocycles. The van der Waals surface area contributed by atoms with Gasteiger partial charge in [0.1, 0.15) is 17.0 Å². The van der Waals surface area contributed by atoms with Gasteiger partial charge in [0.05, 0.1) is 6.54 Å². The molecule has 0 saturated carbocycles. The van der Waals surface area contributed by atoms with E-state index in [0.717, 1.165) is 22.7 Å². The molecular weight excluding hydrogens is 460 g/mol. The number of amides is 2. The second-order valence-corrected chi connectivity index (χ2v) is 10.6. The van der Waals surface area contributed by atoms with Crippen molar-refractivity contribution in [1.29, 1.82) is 0 Å². The highest BCUT2D eigenvalue weighted by molar-refractivity contribution is 5.90. The van der Waals surface area contributed by atoms with E-state index in [9.17, 15) is 9.59 Å². The van der Waals surface area contributed by atoms with E-state index in [1.165, 1.54) is 0 Å². The zero-order valence-electron chi connectivity index (χ0n) is 22.4. The minimum Gasteiger partial charge on any atom is -0.488 e. The van der Waals surface area contributed by atoms with Gasteiger partial charge >= 0.3 is 6.09 Å². The van der Waals surface area contributed by atoms with Crippen LogP contribution >= 0.6 is 0 Å². The molecule has 36 heavy (non-hydrogen) atoms. The number of nitrogens with zero attached hydrogens (tertiary/aromatic N) is 4. The van der Waals surface area contributed by atoms with Crippen LogP contribution in [0.2, 0.25) is 0 Å². The molecule has 0 atom stereocenters. The van der Waals surface area contributed by atoms with Crippen molar-refractivity contribution in [3.8, 4) is 5.75 Å². The van der Waals surface area contributed by atoms with Gasteiger partial charge in [-0.05, 0) is 91.6 Å². The fourth-order valence-electron chi connectivity index (χ4n) is 3.57. The normalized spacial score (nSPS) is 11.9. The van der Waals surface area contributed by atoms with Crippen LogP contribution in [0.3, 0.4) is 0 Å². The first-order chi connectivity index (χ1) is 16.7. The van der Waals surface area contributed by atoms with Gasteiger partial charge in [-0.3, -0.25) is 4.79 Å². The molecule has 0 aliphatic rings. The Labute approximate surface area is 211 Å². The molecule has 2 N–H and O–H groups in total. The number of carbonyl (C=O) groups excluding carboxylic acids is 2. The van der Waals surface area contributed by atoms with Crippen LogP contribution in [0.4, 0.5) is 10.5 Å². The first-order valence-corrected chi connectivity index (χ1v) is 12.0. The highest BCUT2D eigenvalue weighted by Gasteiger charge is 2.18. The lowest BCUT2D eigenvalue weighted by atomic mass is 10.1. The molecule has 0 bridgehead atoms. The van der Waals surface area contributed by atoms with Crippen molar-refractivity contribution in [2.45, 2.75) is 86.0 Å². The predicted molar refractivity (Wildman–Crippen MR) is 137 cm³/mol. The molecule has 0 saturated heterocycles. The molecule has 1 aromatic carbocycles. The predicted octanol–water partition coefficient (Wildman–Crippen LogP) is 4.51. The largest absolute Gasteiger partial charge is 0.488 e. The van der Waals surface area contributed by atoms with Gasteiger partial charge in [0.25, 0.3) is 5.78 Å². The number of hydrogen-bond donors (Lipinski definition) is 2.